The molecule has 7 heterocycles. The summed E-state index contributed by atoms with van der Waals surface area (Å²) in [5, 5.41) is 38.5. The van der Waals surface area contributed by atoms with E-state index in [9.17, 15) is 24.9 Å². The van der Waals surface area contributed by atoms with Crippen molar-refractivity contribution in [3.8, 4) is 40.2 Å². The first-order valence-electron chi connectivity index (χ1n) is 18.8. The summed E-state index contributed by atoms with van der Waals surface area (Å²) >= 11 is 1.46. The number of nitrogens with zero attached hydrogens (tertiary/aromatic N) is 2. The van der Waals surface area contributed by atoms with Crippen LogP contribution in [0.4, 0.5) is 0 Å². The quantitative estimate of drug-likeness (QED) is 0.167. The highest BCUT2D eigenvalue weighted by molar-refractivity contribution is 7.99. The van der Waals surface area contributed by atoms with Crippen molar-refractivity contribution in [3.63, 3.8) is 0 Å². The number of hydrogen-bond donors (Lipinski definition) is 4. The van der Waals surface area contributed by atoms with Crippen molar-refractivity contribution in [2.75, 3.05) is 46.5 Å². The molecule has 3 aromatic rings. The second-order valence-electron chi connectivity index (χ2n) is 15.3. The average molecular weight is 788 g/mol. The fourth-order valence-corrected chi connectivity index (χ4v) is 11.9. The van der Waals surface area contributed by atoms with E-state index in [1.165, 1.54) is 32.9 Å². The van der Waals surface area contributed by atoms with Crippen LogP contribution < -0.4 is 29.0 Å². The number of phenolic OH excluding ortho intramolecular Hbond substituents is 2. The smallest absolute Gasteiger partial charge is 0.331 e. The second kappa shape index (κ2) is 13.5. The molecule has 0 amide bonds. The number of ether oxygens (including phenoxy) is 6. The van der Waals surface area contributed by atoms with Crippen LogP contribution in [0.2, 0.25) is 0 Å². The molecule has 3 aromatic carbocycles. The van der Waals surface area contributed by atoms with Crippen LogP contribution in [0.3, 0.4) is 0 Å². The fraction of sp³-hybridized carbons (Fsp3) is 0.463. The van der Waals surface area contributed by atoms with Crippen LogP contribution in [-0.2, 0) is 32.7 Å². The predicted octanol–water partition coefficient (Wildman–Crippen LogP) is 3.97. The third kappa shape index (κ3) is 5.10. The number of aliphatic hydroxyl groups is 1. The molecule has 0 radical (unpaired) electrons. The topological polar surface area (TPSA) is 169 Å². The molecule has 2 saturated heterocycles. The van der Waals surface area contributed by atoms with E-state index in [0.717, 1.165) is 16.7 Å². The van der Waals surface area contributed by atoms with Crippen LogP contribution in [0.25, 0.3) is 0 Å². The lowest BCUT2D eigenvalue weighted by molar-refractivity contribution is -0.189. The van der Waals surface area contributed by atoms with E-state index in [4.69, 9.17) is 28.4 Å². The van der Waals surface area contributed by atoms with Crippen LogP contribution in [-0.4, -0.2) is 102 Å². The first-order valence-corrected chi connectivity index (χ1v) is 19.8. The molecule has 2 fully saturated rings. The maximum Gasteiger partial charge on any atom is 0.331 e. The number of aryl methyl sites for hydroxylation is 1. The number of carbonyl (C=O) groups is 2. The highest BCUT2D eigenvalue weighted by atomic mass is 32.2. The number of aliphatic hydroxyl groups excluding tert-OH is 1. The Morgan fingerprint density at radius 1 is 1.07 bits per heavy atom. The van der Waals surface area contributed by atoms with Gasteiger partial charge in [-0.3, -0.25) is 19.9 Å². The van der Waals surface area contributed by atoms with Crippen molar-refractivity contribution in [2.45, 2.75) is 74.8 Å². The number of hydrogen-bond acceptors (Lipinski definition) is 15. The summed E-state index contributed by atoms with van der Waals surface area (Å²) in [6, 6.07) is 2.96. The number of phenols is 2. The van der Waals surface area contributed by atoms with Crippen LogP contribution >= 0.6 is 11.8 Å². The lowest BCUT2D eigenvalue weighted by atomic mass is 9.72. The van der Waals surface area contributed by atoms with Crippen molar-refractivity contribution in [1.29, 1.82) is 0 Å². The number of fused-ring (bicyclic) bond motifs is 9. The minimum Gasteiger partial charge on any atom is -0.504 e. The fourth-order valence-electron chi connectivity index (χ4n) is 10.2. The molecule has 7 atom stereocenters. The van der Waals surface area contributed by atoms with Gasteiger partial charge in [0.05, 0.1) is 37.6 Å². The molecule has 4 bridgehead atoms. The molecule has 56 heavy (non-hydrogen) atoms. The van der Waals surface area contributed by atoms with Gasteiger partial charge in [0.2, 0.25) is 6.79 Å². The van der Waals surface area contributed by atoms with Gasteiger partial charge in [0.15, 0.2) is 40.0 Å². The molecule has 0 aliphatic carbocycles. The molecule has 7 aliphatic rings. The van der Waals surface area contributed by atoms with Gasteiger partial charge in [-0.25, -0.2) is 4.79 Å². The second-order valence-corrected chi connectivity index (χ2v) is 16.4. The van der Waals surface area contributed by atoms with Crippen LogP contribution in [0.5, 0.6) is 40.2 Å². The first kappa shape index (κ1) is 36.9. The normalized spacial score (nSPS) is 28.7. The highest BCUT2D eigenvalue weighted by Crippen LogP contribution is 2.64. The van der Waals surface area contributed by atoms with Crippen molar-refractivity contribution in [3.05, 3.63) is 75.4 Å². The van der Waals surface area contributed by atoms with E-state index < -0.39 is 53.1 Å². The molecule has 1 spiro atoms. The van der Waals surface area contributed by atoms with E-state index in [1.54, 1.807) is 18.2 Å². The third-order valence-electron chi connectivity index (χ3n) is 12.4. The number of aromatic hydroxyl groups is 2. The van der Waals surface area contributed by atoms with E-state index in [-0.39, 0.29) is 36.4 Å². The Morgan fingerprint density at radius 3 is 2.59 bits per heavy atom. The Labute approximate surface area is 328 Å². The van der Waals surface area contributed by atoms with Gasteiger partial charge in [0.1, 0.15) is 18.6 Å². The molecule has 15 heteroatoms. The minimum atomic E-state index is -1.38. The Morgan fingerprint density at radius 2 is 1.86 bits per heavy atom. The number of carbonyl (C=O) groups excluding carboxylic acids is 2. The molecule has 0 aromatic heterocycles. The van der Waals surface area contributed by atoms with E-state index in [0.29, 0.717) is 76.7 Å². The van der Waals surface area contributed by atoms with E-state index >= 15 is 0 Å². The molecule has 7 aliphatic heterocycles. The summed E-state index contributed by atoms with van der Waals surface area (Å²) < 4.78 is 36.1. The van der Waals surface area contributed by atoms with Gasteiger partial charge in [0.25, 0.3) is 0 Å². The molecule has 1 unspecified atom stereocenters. The predicted molar refractivity (Wildman–Crippen MR) is 204 cm³/mol. The monoisotopic (exact) mass is 787 g/mol. The first-order chi connectivity index (χ1) is 26.9. The lowest BCUT2D eigenvalue weighted by Gasteiger charge is -2.62. The number of thioether (sulfide) groups is 1. The molecule has 296 valence electrons. The van der Waals surface area contributed by atoms with Gasteiger partial charge < -0.3 is 43.7 Å². The molecule has 14 nitrogen and oxygen atoms in total. The van der Waals surface area contributed by atoms with Gasteiger partial charge in [0, 0.05) is 54.1 Å². The Balaban J connectivity index is 1.33. The summed E-state index contributed by atoms with van der Waals surface area (Å²) in [6.07, 6.45) is 1.69. The standard InChI is InChI=1S/C41H45N3O11S/c1-7-10-43-24-12-22-11-18(2)34(51-6)33(47)28(22)31(43)32-38-30-29(37-36(53-17-54-37)19(3)35(30)55-20(4)45)25(44(32)39(24)48)15-52-40(49)41(16-56-38)23-14-27(50-5)26(46)13-21(23)8-9-42-41/h7,11,13-14,24-25,31-32,38-39,42,46-48H,1,8-10,12,15-17H2,2-6H3/t24-,25-,31+,32?,38+,39-,41+/m0/s1. The zero-order valence-corrected chi connectivity index (χ0v) is 32.7. The third-order valence-corrected chi connectivity index (χ3v) is 13.9. The number of methoxy groups -OCH3 is 2. The van der Waals surface area contributed by atoms with Gasteiger partial charge in [-0.1, -0.05) is 12.1 Å². The van der Waals surface area contributed by atoms with Gasteiger partial charge in [-0.15, -0.1) is 18.3 Å². The van der Waals surface area contributed by atoms with Crippen molar-refractivity contribution in [1.82, 2.24) is 15.1 Å². The van der Waals surface area contributed by atoms with Gasteiger partial charge >= 0.3 is 11.9 Å². The Bertz CT molecular complexity index is 2200. The van der Waals surface area contributed by atoms with Crippen molar-refractivity contribution < 1.29 is 53.3 Å². The van der Waals surface area contributed by atoms with Crippen LogP contribution in [0.15, 0.2) is 30.9 Å². The summed E-state index contributed by atoms with van der Waals surface area (Å²) in [4.78, 5) is 31.9. The number of piperazine rings is 1. The van der Waals surface area contributed by atoms with Crippen LogP contribution in [0, 0.1) is 13.8 Å². The summed E-state index contributed by atoms with van der Waals surface area (Å²) in [6.45, 7) is 9.69. The molecule has 10 rings (SSSR count). The maximum absolute atomic E-state index is 14.8. The lowest BCUT2D eigenvalue weighted by Crippen LogP contribution is -2.70. The van der Waals surface area contributed by atoms with E-state index in [2.05, 4.69) is 16.8 Å². The van der Waals surface area contributed by atoms with Gasteiger partial charge in [-0.2, -0.15) is 0 Å². The summed E-state index contributed by atoms with van der Waals surface area (Å²) in [7, 11) is 2.99. The van der Waals surface area contributed by atoms with Crippen molar-refractivity contribution >= 4 is 23.7 Å². The number of nitrogens with one attached hydrogen (secondary N) is 1. The van der Waals surface area contributed by atoms with Crippen molar-refractivity contribution in [2.24, 2.45) is 0 Å². The Kier molecular flexibility index (Phi) is 8.89. The van der Waals surface area contributed by atoms with Gasteiger partial charge in [-0.05, 0) is 61.1 Å². The molecular formula is C41H45N3O11S. The van der Waals surface area contributed by atoms with E-state index in [1.807, 2.05) is 24.8 Å². The molecular weight excluding hydrogens is 743 g/mol. The highest BCUT2D eigenvalue weighted by Gasteiger charge is 2.62. The largest absolute Gasteiger partial charge is 0.504 e. The zero-order chi connectivity index (χ0) is 39.4. The summed E-state index contributed by atoms with van der Waals surface area (Å²) in [5.74, 6) is 0.846. The average Bonchev–Trinajstić information content (AvgIpc) is 3.66. The number of esters is 2. The zero-order valence-electron chi connectivity index (χ0n) is 31.8. The molecule has 0 saturated carbocycles. The number of benzene rings is 3. The summed E-state index contributed by atoms with van der Waals surface area (Å²) in [5.41, 5.74) is 4.24. The SMILES string of the molecule is C=CCN1[C@@H]2c3c(cc(C)c(OC)c3O)C[C@H]1[C@H](O)N1C2[C@@H]2SC[C@]3(NCCc4cc(O)c(OC)cc43)C(=O)OC[C@H]1c1c3c(c(C)c(OC(C)=O)c12)OCO3. The maximum atomic E-state index is 14.8. The minimum absolute atomic E-state index is 0.0225. The number of rotatable bonds is 5. The molecule has 4 N–H and O–H groups in total. The Hall–Kier alpha value is -4.67. The van der Waals surface area contributed by atoms with Crippen LogP contribution in [0.1, 0.15) is 68.8 Å².